The lowest BCUT2D eigenvalue weighted by Crippen LogP contribution is -1.83. The number of aromatic hydroxyl groups is 1. The monoisotopic (exact) mass is 163 g/mol. The fraction of sp³-hybridized carbons (Fsp3) is 0. The van der Waals surface area contributed by atoms with Gasteiger partial charge in [-0.1, -0.05) is 0 Å². The number of furan rings is 1. The molecule has 4 heteroatoms. The Morgan fingerprint density at radius 2 is 2.33 bits per heavy atom. The van der Waals surface area contributed by atoms with Gasteiger partial charge in [0.05, 0.1) is 5.39 Å². The molecular weight excluding hydrogens is 158 g/mol. The summed E-state index contributed by atoms with van der Waals surface area (Å²) in [6.45, 7) is 0. The van der Waals surface area contributed by atoms with Gasteiger partial charge in [-0.05, 0) is 12.1 Å². The van der Waals surface area contributed by atoms with E-state index in [2.05, 4.69) is 4.98 Å². The topological polar surface area (TPSA) is 63.3 Å². The van der Waals surface area contributed by atoms with Crippen LogP contribution in [0.2, 0.25) is 0 Å². The van der Waals surface area contributed by atoms with E-state index in [1.807, 2.05) is 0 Å². The van der Waals surface area contributed by atoms with Crippen molar-refractivity contribution in [1.82, 2.24) is 4.98 Å². The van der Waals surface area contributed by atoms with Gasteiger partial charge in [0, 0.05) is 0 Å². The molecular formula is C8H5NO3. The average molecular weight is 163 g/mol. The minimum atomic E-state index is -0.171. The number of hydrogen-bond donors (Lipinski definition) is 1. The van der Waals surface area contributed by atoms with E-state index < -0.39 is 0 Å². The first-order valence-corrected chi connectivity index (χ1v) is 3.33. The zero-order valence-corrected chi connectivity index (χ0v) is 6.02. The van der Waals surface area contributed by atoms with Crippen molar-refractivity contribution in [3.05, 3.63) is 24.1 Å². The number of pyridine rings is 1. The van der Waals surface area contributed by atoms with Crippen LogP contribution in [0.3, 0.4) is 0 Å². The Labute approximate surface area is 67.4 Å². The molecule has 0 aliphatic carbocycles. The molecule has 2 heterocycles. The van der Waals surface area contributed by atoms with Crippen LogP contribution in [0.1, 0.15) is 10.5 Å². The maximum atomic E-state index is 10.3. The summed E-state index contributed by atoms with van der Waals surface area (Å²) in [5, 5.41) is 9.59. The van der Waals surface area contributed by atoms with Gasteiger partial charge < -0.3 is 9.52 Å². The molecule has 2 aromatic rings. The molecule has 0 aliphatic rings. The molecule has 0 atom stereocenters. The van der Waals surface area contributed by atoms with Gasteiger partial charge in [-0.3, -0.25) is 4.79 Å². The van der Waals surface area contributed by atoms with Gasteiger partial charge >= 0.3 is 0 Å². The van der Waals surface area contributed by atoms with Crippen molar-refractivity contribution in [2.24, 2.45) is 0 Å². The lowest BCUT2D eigenvalue weighted by Gasteiger charge is -1.88. The van der Waals surface area contributed by atoms with Crippen LogP contribution in [0.15, 0.2) is 22.8 Å². The highest BCUT2D eigenvalue weighted by Crippen LogP contribution is 2.24. The third-order valence-electron chi connectivity index (χ3n) is 1.58. The zero-order valence-electron chi connectivity index (χ0n) is 6.02. The van der Waals surface area contributed by atoms with E-state index in [4.69, 9.17) is 9.52 Å². The van der Waals surface area contributed by atoms with Crippen molar-refractivity contribution in [3.8, 4) is 5.95 Å². The summed E-state index contributed by atoms with van der Waals surface area (Å²) in [7, 11) is 0. The van der Waals surface area contributed by atoms with Crippen LogP contribution in [0.25, 0.3) is 10.9 Å². The molecule has 0 saturated carbocycles. The number of rotatable bonds is 1. The molecule has 0 unspecified atom stereocenters. The van der Waals surface area contributed by atoms with Gasteiger partial charge in [0.1, 0.15) is 17.5 Å². The number of aldehydes is 1. The summed E-state index contributed by atoms with van der Waals surface area (Å²) in [6, 6.07) is 3.11. The largest absolute Gasteiger partial charge is 0.480 e. The van der Waals surface area contributed by atoms with E-state index in [-0.39, 0.29) is 5.95 Å². The van der Waals surface area contributed by atoms with Crippen molar-refractivity contribution >= 4 is 17.2 Å². The molecule has 0 spiro atoms. The Kier molecular flexibility index (Phi) is 1.33. The second-order valence-electron chi connectivity index (χ2n) is 2.33. The lowest BCUT2D eigenvalue weighted by atomic mass is 10.3. The Bertz CT molecular complexity index is 433. The molecule has 0 aliphatic heterocycles. The highest BCUT2D eigenvalue weighted by molar-refractivity contribution is 5.86. The Morgan fingerprint density at radius 3 is 3.08 bits per heavy atom. The number of carbonyl (C=O) groups is 1. The van der Waals surface area contributed by atoms with Crippen LogP contribution in [-0.4, -0.2) is 16.4 Å². The van der Waals surface area contributed by atoms with Crippen molar-refractivity contribution in [2.45, 2.75) is 0 Å². The van der Waals surface area contributed by atoms with Gasteiger partial charge in [-0.25, -0.2) is 4.98 Å². The van der Waals surface area contributed by atoms with Crippen LogP contribution in [0, 0.1) is 0 Å². The summed E-state index contributed by atoms with van der Waals surface area (Å²) < 4.78 is 4.69. The van der Waals surface area contributed by atoms with Gasteiger partial charge in [-0.2, -0.15) is 0 Å². The summed E-state index contributed by atoms with van der Waals surface area (Å²) in [4.78, 5) is 14.2. The fourth-order valence-electron chi connectivity index (χ4n) is 1.00. The molecule has 0 amide bonds. The Balaban J connectivity index is 2.77. The first-order chi connectivity index (χ1) is 5.81. The molecule has 60 valence electrons. The molecule has 1 N–H and O–H groups in total. The molecule has 0 radical (unpaired) electrons. The maximum Gasteiger partial charge on any atom is 0.291 e. The summed E-state index contributed by atoms with van der Waals surface area (Å²) in [5.74, 6) is -0.171. The number of hydrogen-bond acceptors (Lipinski definition) is 4. The van der Waals surface area contributed by atoms with E-state index in [9.17, 15) is 4.79 Å². The van der Waals surface area contributed by atoms with E-state index >= 15 is 0 Å². The van der Waals surface area contributed by atoms with Gasteiger partial charge in [0.15, 0.2) is 6.29 Å². The quantitative estimate of drug-likeness (QED) is 0.644. The highest BCUT2D eigenvalue weighted by Gasteiger charge is 2.05. The van der Waals surface area contributed by atoms with Crippen molar-refractivity contribution in [1.29, 1.82) is 0 Å². The van der Waals surface area contributed by atoms with E-state index in [1.165, 1.54) is 12.3 Å². The molecule has 12 heavy (non-hydrogen) atoms. The lowest BCUT2D eigenvalue weighted by molar-refractivity contribution is 0.111. The number of aromatic nitrogens is 1. The highest BCUT2D eigenvalue weighted by atomic mass is 16.5. The Morgan fingerprint density at radius 1 is 1.50 bits per heavy atom. The Hall–Kier alpha value is -1.84. The van der Waals surface area contributed by atoms with Crippen molar-refractivity contribution in [2.75, 3.05) is 0 Å². The minimum absolute atomic E-state index is 0.171. The van der Waals surface area contributed by atoms with Crippen LogP contribution < -0.4 is 0 Å². The zero-order chi connectivity index (χ0) is 8.55. The van der Waals surface area contributed by atoms with Gasteiger partial charge in [0.2, 0.25) is 0 Å². The van der Waals surface area contributed by atoms with E-state index in [1.54, 1.807) is 6.07 Å². The molecule has 0 saturated heterocycles. The first-order valence-electron chi connectivity index (χ1n) is 3.33. The van der Waals surface area contributed by atoms with Crippen LogP contribution in [0.4, 0.5) is 0 Å². The predicted molar refractivity (Wildman–Crippen MR) is 41.1 cm³/mol. The van der Waals surface area contributed by atoms with Gasteiger partial charge in [-0.15, -0.1) is 0 Å². The maximum absolute atomic E-state index is 10.3. The van der Waals surface area contributed by atoms with E-state index in [0.29, 0.717) is 22.9 Å². The summed E-state index contributed by atoms with van der Waals surface area (Å²) >= 11 is 0. The molecule has 0 bridgehead atoms. The predicted octanol–water partition coefficient (Wildman–Crippen LogP) is 1.35. The third-order valence-corrected chi connectivity index (χ3v) is 1.58. The van der Waals surface area contributed by atoms with Crippen molar-refractivity contribution < 1.29 is 14.3 Å². The molecule has 0 aromatic carbocycles. The van der Waals surface area contributed by atoms with Crippen LogP contribution >= 0.6 is 0 Å². The minimum Gasteiger partial charge on any atom is -0.480 e. The second-order valence-corrected chi connectivity index (χ2v) is 2.33. The summed E-state index contributed by atoms with van der Waals surface area (Å²) in [6.07, 6.45) is 1.95. The van der Waals surface area contributed by atoms with Crippen molar-refractivity contribution in [3.63, 3.8) is 0 Å². The number of carbonyl (C=O) groups excluding carboxylic acids is 1. The third kappa shape index (κ3) is 0.852. The normalized spacial score (nSPS) is 10.3. The number of nitrogens with zero attached hydrogens (tertiary/aromatic N) is 1. The van der Waals surface area contributed by atoms with Gasteiger partial charge in [0.25, 0.3) is 5.95 Å². The van der Waals surface area contributed by atoms with Crippen LogP contribution in [-0.2, 0) is 0 Å². The second kappa shape index (κ2) is 2.34. The fourth-order valence-corrected chi connectivity index (χ4v) is 1.00. The van der Waals surface area contributed by atoms with E-state index in [0.717, 1.165) is 0 Å². The van der Waals surface area contributed by atoms with Crippen LogP contribution in [0.5, 0.6) is 5.95 Å². The smallest absolute Gasteiger partial charge is 0.291 e. The average Bonchev–Trinajstić information content (AvgIpc) is 2.47. The molecule has 2 rings (SSSR count). The standard InChI is InChI=1S/C8H5NO3/c10-3-5-1-2-6-7(9-5)4-12-8(6)11/h1-4,11H. The first kappa shape index (κ1) is 6.84. The molecule has 2 aromatic heterocycles. The number of fused-ring (bicyclic) bond motifs is 1. The summed E-state index contributed by atoms with van der Waals surface area (Å²) in [5.41, 5.74) is 0.806. The molecule has 4 nitrogen and oxygen atoms in total. The molecule has 0 fully saturated rings. The SMILES string of the molecule is O=Cc1ccc2c(O)occ2n1.